The van der Waals surface area contributed by atoms with Crippen LogP contribution in [0.1, 0.15) is 13.3 Å². The largest absolute Gasteiger partial charge is 0.477 e. The van der Waals surface area contributed by atoms with Gasteiger partial charge in [0.2, 0.25) is 5.91 Å². The fourth-order valence-electron chi connectivity index (χ4n) is 3.67. The Morgan fingerprint density at radius 1 is 1.16 bits per heavy atom. The molecular formula is C17H29NO14. The van der Waals surface area contributed by atoms with Crippen molar-refractivity contribution < 1.29 is 69.8 Å². The van der Waals surface area contributed by atoms with E-state index in [0.717, 1.165) is 6.92 Å². The Bertz CT molecular complexity index is 665. The van der Waals surface area contributed by atoms with Crippen LogP contribution in [0.2, 0.25) is 0 Å². The third kappa shape index (κ3) is 5.35. The van der Waals surface area contributed by atoms with Crippen LogP contribution in [0.4, 0.5) is 0 Å². The number of hydrogen-bond donors (Lipinski definition) is 10. The second-order valence-corrected chi connectivity index (χ2v) is 7.69. The average Bonchev–Trinajstić information content (AvgIpc) is 2.73. The minimum absolute atomic E-state index is 0.693. The van der Waals surface area contributed by atoms with Gasteiger partial charge >= 0.3 is 5.97 Å². The molecule has 2 saturated heterocycles. The number of aliphatic carboxylic acids is 1. The van der Waals surface area contributed by atoms with Crippen molar-refractivity contribution in [1.29, 1.82) is 0 Å². The van der Waals surface area contributed by atoms with Gasteiger partial charge in [0.15, 0.2) is 6.29 Å². The van der Waals surface area contributed by atoms with Gasteiger partial charge in [0.05, 0.1) is 25.4 Å². The maximum Gasteiger partial charge on any atom is 0.364 e. The number of rotatable bonds is 8. The van der Waals surface area contributed by atoms with Crippen LogP contribution in [-0.4, -0.2) is 138 Å². The van der Waals surface area contributed by atoms with Gasteiger partial charge in [-0.15, -0.1) is 0 Å². The molecule has 2 heterocycles. The quantitative estimate of drug-likeness (QED) is 0.158. The molecule has 10 N–H and O–H groups in total. The van der Waals surface area contributed by atoms with E-state index in [0.29, 0.717) is 0 Å². The van der Waals surface area contributed by atoms with Crippen molar-refractivity contribution in [3.05, 3.63) is 0 Å². The van der Waals surface area contributed by atoms with Crippen LogP contribution >= 0.6 is 0 Å². The van der Waals surface area contributed by atoms with Crippen LogP contribution in [-0.2, 0) is 23.8 Å². The van der Waals surface area contributed by atoms with Crippen molar-refractivity contribution in [2.24, 2.45) is 0 Å². The molecule has 0 saturated carbocycles. The van der Waals surface area contributed by atoms with Crippen LogP contribution in [0.15, 0.2) is 0 Å². The zero-order valence-electron chi connectivity index (χ0n) is 17.0. The lowest BCUT2D eigenvalue weighted by molar-refractivity contribution is -0.366. The second kappa shape index (κ2) is 10.6. The fraction of sp³-hybridized carbons (Fsp3) is 0.882. The Balaban J connectivity index is 2.42. The molecule has 186 valence electrons. The summed E-state index contributed by atoms with van der Waals surface area (Å²) >= 11 is 0. The lowest BCUT2D eigenvalue weighted by Gasteiger charge is -2.49. The Morgan fingerprint density at radius 2 is 1.78 bits per heavy atom. The van der Waals surface area contributed by atoms with Crippen LogP contribution in [0, 0.1) is 0 Å². The summed E-state index contributed by atoms with van der Waals surface area (Å²) < 4.78 is 15.5. The predicted octanol–water partition coefficient (Wildman–Crippen LogP) is -6.05. The fourth-order valence-corrected chi connectivity index (χ4v) is 3.67. The molecule has 0 aliphatic carbocycles. The molecule has 1 amide bonds. The second-order valence-electron chi connectivity index (χ2n) is 7.69. The minimum atomic E-state index is -2.86. The van der Waals surface area contributed by atoms with Gasteiger partial charge < -0.3 is 65.5 Å². The van der Waals surface area contributed by atoms with E-state index < -0.39 is 98.5 Å². The topological polar surface area (TPSA) is 256 Å². The molecule has 0 aromatic heterocycles. The molecule has 0 bridgehead atoms. The summed E-state index contributed by atoms with van der Waals surface area (Å²) in [6, 6.07) is -1.44. The summed E-state index contributed by atoms with van der Waals surface area (Å²) in [6.07, 6.45) is -17.6. The van der Waals surface area contributed by atoms with Crippen molar-refractivity contribution in [2.75, 3.05) is 13.2 Å². The first-order valence-electron chi connectivity index (χ1n) is 9.70. The van der Waals surface area contributed by atoms with Crippen LogP contribution in [0.5, 0.6) is 0 Å². The van der Waals surface area contributed by atoms with Crippen LogP contribution in [0.25, 0.3) is 0 Å². The van der Waals surface area contributed by atoms with Gasteiger partial charge in [-0.1, -0.05) is 0 Å². The molecule has 9 unspecified atom stereocenters. The standard InChI is InChI=1S/C17H29NO14/c1-5(21)18-9-6(22)2-17(16(28)29,31-13(9)10(24)7(23)3-19)32-14-11(25)8(4-20)30-15(27)12(14)26/h6-15,19-20,22-27H,2-4H2,1H3,(H,18,21)(H,28,29)/t6?,7-,8?,9?,10?,11?,12?,13?,14?,15?,17+/m1/s1. The lowest BCUT2D eigenvalue weighted by Crippen LogP contribution is -2.70. The predicted molar refractivity (Wildman–Crippen MR) is 97.4 cm³/mol. The minimum Gasteiger partial charge on any atom is -0.477 e. The molecule has 2 rings (SSSR count). The van der Waals surface area contributed by atoms with Gasteiger partial charge in [0.25, 0.3) is 5.79 Å². The number of aliphatic hydroxyl groups is 8. The average molecular weight is 471 g/mol. The van der Waals surface area contributed by atoms with E-state index in [9.17, 15) is 50.4 Å². The van der Waals surface area contributed by atoms with Gasteiger partial charge in [-0.25, -0.2) is 4.79 Å². The number of carboxylic acid groups (broad SMARTS) is 1. The van der Waals surface area contributed by atoms with E-state index in [4.69, 9.17) is 19.3 Å². The Labute approximate surface area is 181 Å². The zero-order chi connectivity index (χ0) is 24.4. The van der Waals surface area contributed by atoms with Crippen molar-refractivity contribution >= 4 is 11.9 Å². The molecule has 0 aromatic carbocycles. The third-order valence-electron chi connectivity index (χ3n) is 5.35. The number of aliphatic hydroxyl groups excluding tert-OH is 8. The van der Waals surface area contributed by atoms with E-state index >= 15 is 0 Å². The van der Waals surface area contributed by atoms with Crippen molar-refractivity contribution in [2.45, 2.75) is 80.3 Å². The number of ether oxygens (including phenoxy) is 3. The van der Waals surface area contributed by atoms with E-state index in [-0.39, 0.29) is 0 Å². The molecule has 0 aromatic rings. The molecule has 15 heteroatoms. The van der Waals surface area contributed by atoms with E-state index in [2.05, 4.69) is 5.32 Å². The zero-order valence-corrected chi connectivity index (χ0v) is 17.0. The first-order chi connectivity index (χ1) is 14.9. The molecule has 2 aliphatic rings. The maximum atomic E-state index is 12.1. The molecule has 11 atom stereocenters. The maximum absolute atomic E-state index is 12.1. The van der Waals surface area contributed by atoms with Gasteiger partial charge in [0, 0.05) is 13.3 Å². The number of carbonyl (C=O) groups is 2. The number of amides is 1. The number of carbonyl (C=O) groups excluding carboxylic acids is 1. The summed E-state index contributed by atoms with van der Waals surface area (Å²) in [5.41, 5.74) is 0. The SMILES string of the molecule is CC(=O)NC1C(O)C[C@](OC2C(O)C(O)OC(CO)C2O)(C(=O)O)OC1C(O)[C@H](O)CO. The normalized spacial score (nSPS) is 42.2. The number of hydrogen-bond acceptors (Lipinski definition) is 13. The monoisotopic (exact) mass is 471 g/mol. The van der Waals surface area contributed by atoms with Crippen LogP contribution < -0.4 is 5.32 Å². The third-order valence-corrected chi connectivity index (χ3v) is 5.35. The molecule has 0 spiro atoms. The number of carboxylic acids is 1. The van der Waals surface area contributed by atoms with Gasteiger partial charge in [-0.3, -0.25) is 4.79 Å². The van der Waals surface area contributed by atoms with E-state index in [1.54, 1.807) is 0 Å². The highest BCUT2D eigenvalue weighted by Crippen LogP contribution is 2.37. The molecule has 2 aliphatic heterocycles. The van der Waals surface area contributed by atoms with E-state index in [1.807, 2.05) is 0 Å². The molecule has 0 radical (unpaired) electrons. The van der Waals surface area contributed by atoms with Crippen molar-refractivity contribution in [1.82, 2.24) is 5.32 Å². The Kier molecular flexibility index (Phi) is 8.88. The summed E-state index contributed by atoms with van der Waals surface area (Å²) in [7, 11) is 0. The first-order valence-corrected chi connectivity index (χ1v) is 9.70. The Morgan fingerprint density at radius 3 is 2.28 bits per heavy atom. The number of nitrogens with one attached hydrogen (secondary N) is 1. The van der Waals surface area contributed by atoms with E-state index in [1.165, 1.54) is 0 Å². The van der Waals surface area contributed by atoms with Gasteiger partial charge in [-0.05, 0) is 0 Å². The molecule has 15 nitrogen and oxygen atoms in total. The smallest absolute Gasteiger partial charge is 0.364 e. The summed E-state index contributed by atoms with van der Waals surface area (Å²) in [5, 5.41) is 91.5. The molecule has 32 heavy (non-hydrogen) atoms. The summed E-state index contributed by atoms with van der Waals surface area (Å²) in [4.78, 5) is 23.6. The highest BCUT2D eigenvalue weighted by atomic mass is 16.7. The van der Waals surface area contributed by atoms with Crippen molar-refractivity contribution in [3.63, 3.8) is 0 Å². The van der Waals surface area contributed by atoms with Crippen molar-refractivity contribution in [3.8, 4) is 0 Å². The molecular weight excluding hydrogens is 442 g/mol. The summed E-state index contributed by atoms with van der Waals surface area (Å²) in [6.45, 7) is -0.741. The van der Waals surface area contributed by atoms with Crippen LogP contribution in [0.3, 0.4) is 0 Å². The van der Waals surface area contributed by atoms with Gasteiger partial charge in [-0.2, -0.15) is 0 Å². The highest BCUT2D eigenvalue weighted by molar-refractivity contribution is 5.76. The Hall–Kier alpha value is -1.50. The highest BCUT2D eigenvalue weighted by Gasteiger charge is 2.59. The first kappa shape index (κ1) is 26.7. The summed E-state index contributed by atoms with van der Waals surface area (Å²) in [5.74, 6) is -5.44. The van der Waals surface area contributed by atoms with Gasteiger partial charge in [0.1, 0.15) is 42.7 Å². The lowest BCUT2D eigenvalue weighted by atomic mass is 9.88. The molecule has 2 fully saturated rings.